The zero-order valence-corrected chi connectivity index (χ0v) is 24.2. The van der Waals surface area contributed by atoms with E-state index in [0.717, 1.165) is 44.9 Å². The number of imidazole rings is 1. The number of benzene rings is 2. The van der Waals surface area contributed by atoms with Crippen LogP contribution in [-0.4, -0.2) is 33.4 Å². The van der Waals surface area contributed by atoms with Crippen molar-refractivity contribution in [3.05, 3.63) is 58.9 Å². The number of carbonyl (C=O) groups excluding carboxylic acids is 1. The van der Waals surface area contributed by atoms with Gasteiger partial charge in [0.1, 0.15) is 11.4 Å². The van der Waals surface area contributed by atoms with Crippen molar-refractivity contribution in [1.29, 1.82) is 0 Å². The number of alkyl carbamates (subject to hydrolysis) is 1. The van der Waals surface area contributed by atoms with E-state index in [1.165, 1.54) is 0 Å². The van der Waals surface area contributed by atoms with E-state index < -0.39 is 11.7 Å². The second-order valence-corrected chi connectivity index (χ2v) is 11.9. The fourth-order valence-electron chi connectivity index (χ4n) is 4.40. The Balaban J connectivity index is 1.43. The Morgan fingerprint density at radius 3 is 2.28 bits per heavy atom. The van der Waals surface area contributed by atoms with Gasteiger partial charge in [-0.1, -0.05) is 46.5 Å². The van der Waals surface area contributed by atoms with Crippen molar-refractivity contribution in [3.63, 3.8) is 0 Å². The third-order valence-corrected chi connectivity index (χ3v) is 6.82. The number of fused-ring (bicyclic) bond motifs is 2. The minimum Gasteiger partial charge on any atom is -0.444 e. The predicted molar refractivity (Wildman–Crippen MR) is 158 cm³/mol. The van der Waals surface area contributed by atoms with Crippen LogP contribution in [0, 0.1) is 35.5 Å². The Labute approximate surface area is 232 Å². The fraction of sp³-hybridized carbons (Fsp3) is 0.424. The van der Waals surface area contributed by atoms with E-state index in [1.807, 2.05) is 51.1 Å². The maximum Gasteiger partial charge on any atom is 0.408 e. The van der Waals surface area contributed by atoms with Crippen LogP contribution in [0.1, 0.15) is 83.8 Å². The van der Waals surface area contributed by atoms with Gasteiger partial charge < -0.3 is 15.0 Å². The summed E-state index contributed by atoms with van der Waals surface area (Å²) in [4.78, 5) is 25.4. The first-order valence-electron chi connectivity index (χ1n) is 13.6. The molecule has 0 spiro atoms. The molecule has 6 nitrogen and oxygen atoms in total. The topological polar surface area (TPSA) is 79.4 Å². The fourth-order valence-corrected chi connectivity index (χ4v) is 4.40. The summed E-state index contributed by atoms with van der Waals surface area (Å²) in [6, 6.07) is 11.8. The van der Waals surface area contributed by atoms with Crippen LogP contribution in [0.5, 0.6) is 0 Å². The zero-order chi connectivity index (χ0) is 28.3. The maximum atomic E-state index is 12.4. The molecule has 0 fully saturated rings. The van der Waals surface area contributed by atoms with Gasteiger partial charge in [-0.15, -0.1) is 0 Å². The van der Waals surface area contributed by atoms with Crippen LogP contribution in [-0.2, 0) is 11.2 Å². The van der Waals surface area contributed by atoms with Crippen LogP contribution in [0.25, 0.3) is 11.0 Å². The number of nitrogens with zero attached hydrogens (tertiary/aromatic N) is 2. The molecule has 2 N–H and O–H groups in total. The van der Waals surface area contributed by atoms with Crippen molar-refractivity contribution in [2.45, 2.75) is 79.4 Å². The molecule has 0 radical (unpaired) electrons. The number of nitrogens with one attached hydrogen (secondary N) is 2. The van der Waals surface area contributed by atoms with E-state index in [9.17, 15) is 4.79 Å². The molecular formula is C33H38N4O2. The van der Waals surface area contributed by atoms with Gasteiger partial charge in [-0.2, -0.15) is 0 Å². The Bertz CT molecular complexity index is 1530. The van der Waals surface area contributed by atoms with Crippen molar-refractivity contribution in [2.75, 3.05) is 0 Å². The highest BCUT2D eigenvalue weighted by Crippen LogP contribution is 2.30. The molecule has 2 aromatic carbocycles. The standard InChI is InChI=1S/C33H38N4O2/c1-20(2)22(5)31-35-27-16-14-24(18-28(27)36-31)12-10-9-11-23-13-15-26-25(17-23)19-29(34-26)30(21(3)4)37-32(38)39-33(6,7)8/h13-18,20-22,30H,19H2,1-8H3,(H,35,36)(H,37,38)/t22-,30-/m0/s1. The van der Waals surface area contributed by atoms with Gasteiger partial charge in [-0.25, -0.2) is 9.78 Å². The molecule has 202 valence electrons. The summed E-state index contributed by atoms with van der Waals surface area (Å²) in [6.07, 6.45) is 0.235. The van der Waals surface area contributed by atoms with E-state index >= 15 is 0 Å². The number of aromatic nitrogens is 2. The highest BCUT2D eigenvalue weighted by Gasteiger charge is 2.28. The molecule has 1 amide bonds. The number of aromatic amines is 1. The van der Waals surface area contributed by atoms with Crippen LogP contribution in [0.2, 0.25) is 0 Å². The molecule has 0 saturated heterocycles. The Kier molecular flexibility index (Phi) is 8.17. The average molecular weight is 523 g/mol. The number of carbonyl (C=O) groups is 1. The van der Waals surface area contributed by atoms with Crippen LogP contribution in [0.4, 0.5) is 10.5 Å². The maximum absolute atomic E-state index is 12.4. The van der Waals surface area contributed by atoms with E-state index in [2.05, 4.69) is 74.7 Å². The van der Waals surface area contributed by atoms with Crippen LogP contribution >= 0.6 is 0 Å². The largest absolute Gasteiger partial charge is 0.444 e. The predicted octanol–water partition coefficient (Wildman–Crippen LogP) is 6.90. The van der Waals surface area contributed by atoms with Crippen molar-refractivity contribution < 1.29 is 9.53 Å². The number of aliphatic imine (C=N–C) groups is 1. The second-order valence-electron chi connectivity index (χ2n) is 11.9. The summed E-state index contributed by atoms with van der Waals surface area (Å²) >= 11 is 0. The number of ether oxygens (including phenoxy) is 1. The van der Waals surface area contributed by atoms with E-state index in [4.69, 9.17) is 14.7 Å². The Morgan fingerprint density at radius 1 is 0.974 bits per heavy atom. The zero-order valence-electron chi connectivity index (χ0n) is 24.2. The summed E-state index contributed by atoms with van der Waals surface area (Å²) in [5.41, 5.74) is 6.11. The van der Waals surface area contributed by atoms with Crippen LogP contribution < -0.4 is 5.32 Å². The van der Waals surface area contributed by atoms with Gasteiger partial charge in [0, 0.05) is 29.2 Å². The molecule has 4 rings (SSSR count). The molecule has 0 bridgehead atoms. The lowest BCUT2D eigenvalue weighted by atomic mass is 9.95. The van der Waals surface area contributed by atoms with Crippen molar-refractivity contribution in [1.82, 2.24) is 15.3 Å². The van der Waals surface area contributed by atoms with Crippen molar-refractivity contribution in [3.8, 4) is 23.7 Å². The molecule has 1 aliphatic heterocycles. The number of rotatable bonds is 5. The summed E-state index contributed by atoms with van der Waals surface area (Å²) in [5.74, 6) is 14.3. The number of amides is 1. The SMILES string of the molecule is CC(C)[C@H](NC(=O)OC(C)(C)C)C1=Nc2ccc(C#CC#Cc3ccc4nc([C@@H](C)C(C)C)[nH]c4c3)cc2C1. The molecule has 1 aromatic heterocycles. The van der Waals surface area contributed by atoms with Gasteiger partial charge in [0.05, 0.1) is 22.8 Å². The van der Waals surface area contributed by atoms with Gasteiger partial charge in [0.15, 0.2) is 0 Å². The summed E-state index contributed by atoms with van der Waals surface area (Å²) < 4.78 is 5.46. The van der Waals surface area contributed by atoms with Crippen molar-refractivity contribution in [2.24, 2.45) is 16.8 Å². The first kappa shape index (κ1) is 28.0. The molecule has 2 atom stereocenters. The van der Waals surface area contributed by atoms with E-state index in [0.29, 0.717) is 18.3 Å². The lowest BCUT2D eigenvalue weighted by Gasteiger charge is -2.26. The monoisotopic (exact) mass is 522 g/mol. The van der Waals surface area contributed by atoms with Crippen molar-refractivity contribution >= 4 is 28.5 Å². The molecule has 1 aliphatic rings. The minimum absolute atomic E-state index is 0.172. The molecule has 0 unspecified atom stereocenters. The number of hydrogen-bond donors (Lipinski definition) is 2. The first-order chi connectivity index (χ1) is 18.4. The smallest absolute Gasteiger partial charge is 0.408 e. The van der Waals surface area contributed by atoms with E-state index in [-0.39, 0.29) is 12.0 Å². The van der Waals surface area contributed by atoms with Gasteiger partial charge in [-0.05, 0) is 86.4 Å². The first-order valence-corrected chi connectivity index (χ1v) is 13.6. The van der Waals surface area contributed by atoms with Gasteiger partial charge in [0.25, 0.3) is 0 Å². The highest BCUT2D eigenvalue weighted by molar-refractivity contribution is 5.99. The Morgan fingerprint density at radius 2 is 1.64 bits per heavy atom. The molecule has 0 saturated carbocycles. The molecule has 39 heavy (non-hydrogen) atoms. The lowest BCUT2D eigenvalue weighted by molar-refractivity contribution is 0.0508. The quantitative estimate of drug-likeness (QED) is 0.358. The minimum atomic E-state index is -0.552. The number of H-pyrrole nitrogens is 1. The third-order valence-electron chi connectivity index (χ3n) is 6.82. The Hall–Kier alpha value is -4.03. The number of hydrogen-bond acceptors (Lipinski definition) is 4. The molecule has 2 heterocycles. The van der Waals surface area contributed by atoms with E-state index in [1.54, 1.807) is 0 Å². The summed E-state index contributed by atoms with van der Waals surface area (Å²) in [7, 11) is 0. The lowest BCUT2D eigenvalue weighted by Crippen LogP contribution is -2.46. The van der Waals surface area contributed by atoms with Gasteiger partial charge >= 0.3 is 6.09 Å². The molecular weight excluding hydrogens is 484 g/mol. The third kappa shape index (κ3) is 7.09. The van der Waals surface area contributed by atoms with Gasteiger partial charge in [0.2, 0.25) is 0 Å². The second kappa shape index (κ2) is 11.4. The molecule has 0 aliphatic carbocycles. The van der Waals surface area contributed by atoms with Gasteiger partial charge in [-0.3, -0.25) is 4.99 Å². The average Bonchev–Trinajstić information content (AvgIpc) is 3.46. The highest BCUT2D eigenvalue weighted by atomic mass is 16.6. The van der Waals surface area contributed by atoms with Crippen LogP contribution in [0.15, 0.2) is 41.4 Å². The van der Waals surface area contributed by atoms with Crippen LogP contribution in [0.3, 0.4) is 0 Å². The summed E-state index contributed by atoms with van der Waals surface area (Å²) in [5, 5.41) is 3.00. The molecule has 3 aromatic rings. The summed E-state index contributed by atoms with van der Waals surface area (Å²) in [6.45, 7) is 16.3. The normalized spacial score (nSPS) is 14.2. The molecule has 6 heteroatoms.